The van der Waals surface area contributed by atoms with Crippen molar-refractivity contribution in [2.75, 3.05) is 38.3 Å². The Bertz CT molecular complexity index is 1140. The number of morpholine rings is 1. The van der Waals surface area contributed by atoms with Crippen molar-refractivity contribution in [3.63, 3.8) is 0 Å². The fourth-order valence-electron chi connectivity index (χ4n) is 5.83. The van der Waals surface area contributed by atoms with Crippen molar-refractivity contribution in [3.8, 4) is 5.88 Å². The van der Waals surface area contributed by atoms with Crippen molar-refractivity contribution in [2.45, 2.75) is 31.2 Å². The Balaban J connectivity index is 1.17. The van der Waals surface area contributed by atoms with Gasteiger partial charge in [-0.3, -0.25) is 5.43 Å². The number of piperidine rings is 1. The minimum absolute atomic E-state index is 0.0356. The number of rotatable bonds is 4. The fraction of sp³-hybridized carbons (Fsp3) is 0.500. The smallest absolute Gasteiger partial charge is 0.214 e. The molecular weight excluding hydrogens is 461 g/mol. The molecule has 0 radical (unpaired) electrons. The molecule has 2 saturated heterocycles. The van der Waals surface area contributed by atoms with E-state index in [1.165, 1.54) is 6.07 Å². The summed E-state index contributed by atoms with van der Waals surface area (Å²) in [6, 6.07) is 6.37. The number of methoxy groups -OCH3 is 1. The summed E-state index contributed by atoms with van der Waals surface area (Å²) in [5, 5.41) is 5.45. The van der Waals surface area contributed by atoms with E-state index in [2.05, 4.69) is 20.6 Å². The zero-order chi connectivity index (χ0) is 24.1. The minimum atomic E-state index is -1.49. The van der Waals surface area contributed by atoms with Crippen molar-refractivity contribution in [1.82, 2.24) is 20.7 Å². The van der Waals surface area contributed by atoms with E-state index in [1.54, 1.807) is 13.3 Å². The molecular formula is C24H27F3N6O2. The second-order valence-electron chi connectivity index (χ2n) is 9.48. The fourth-order valence-corrected chi connectivity index (χ4v) is 5.83. The van der Waals surface area contributed by atoms with Crippen LogP contribution in [0.25, 0.3) is 0 Å². The lowest BCUT2D eigenvalue weighted by atomic mass is 9.92. The monoisotopic (exact) mass is 488 g/mol. The van der Waals surface area contributed by atoms with Gasteiger partial charge in [0.1, 0.15) is 6.10 Å². The summed E-state index contributed by atoms with van der Waals surface area (Å²) in [5.41, 5.74) is 4.35. The molecule has 0 spiro atoms. The van der Waals surface area contributed by atoms with Crippen LogP contribution in [0.3, 0.4) is 0 Å². The lowest BCUT2D eigenvalue weighted by Crippen LogP contribution is -2.56. The number of nitrogens with one attached hydrogen (secondary N) is 2. The highest BCUT2D eigenvalue weighted by atomic mass is 19.2. The van der Waals surface area contributed by atoms with E-state index >= 15 is 0 Å². The van der Waals surface area contributed by atoms with Crippen LogP contribution in [0, 0.1) is 29.3 Å². The summed E-state index contributed by atoms with van der Waals surface area (Å²) in [5.74, 6) is -1.86. The molecule has 3 aliphatic heterocycles. The highest BCUT2D eigenvalue weighted by Gasteiger charge is 2.45. The van der Waals surface area contributed by atoms with Crippen molar-refractivity contribution in [2.24, 2.45) is 16.8 Å². The lowest BCUT2D eigenvalue weighted by molar-refractivity contribution is -0.0749. The second-order valence-corrected chi connectivity index (χ2v) is 9.48. The molecule has 3 fully saturated rings. The summed E-state index contributed by atoms with van der Waals surface area (Å²) >= 11 is 0. The van der Waals surface area contributed by atoms with Gasteiger partial charge in [0.05, 0.1) is 13.7 Å². The van der Waals surface area contributed by atoms with Gasteiger partial charge in [-0.2, -0.15) is 5.01 Å². The number of nitrogens with zero attached hydrogens (tertiary/aromatic N) is 4. The van der Waals surface area contributed by atoms with Crippen LogP contribution in [0.4, 0.5) is 18.9 Å². The Morgan fingerprint density at radius 1 is 1.11 bits per heavy atom. The van der Waals surface area contributed by atoms with E-state index in [0.29, 0.717) is 36.8 Å². The van der Waals surface area contributed by atoms with Crippen LogP contribution in [0.1, 0.15) is 24.5 Å². The van der Waals surface area contributed by atoms with Gasteiger partial charge in [-0.15, -0.1) is 0 Å². The molecule has 6 rings (SSSR count). The van der Waals surface area contributed by atoms with Gasteiger partial charge in [-0.05, 0) is 36.8 Å². The Hall–Kier alpha value is -3.05. The first-order valence-electron chi connectivity index (χ1n) is 11.9. The maximum Gasteiger partial charge on any atom is 0.214 e. The van der Waals surface area contributed by atoms with E-state index in [9.17, 15) is 13.2 Å². The SMILES string of the molecule is COc1cc(N2C[C@H]3CC[C@@H](C2)C3NC2=NC3[C@H](c4ccc(F)c(F)c4F)OCCN3N2)ccn1. The predicted molar refractivity (Wildman–Crippen MR) is 122 cm³/mol. The number of pyridine rings is 1. The third kappa shape index (κ3) is 3.96. The summed E-state index contributed by atoms with van der Waals surface area (Å²) in [6.45, 7) is 2.67. The summed E-state index contributed by atoms with van der Waals surface area (Å²) in [7, 11) is 1.62. The van der Waals surface area contributed by atoms with E-state index < -0.39 is 29.7 Å². The largest absolute Gasteiger partial charge is 0.481 e. The molecule has 2 bridgehead atoms. The molecule has 11 heteroatoms. The summed E-state index contributed by atoms with van der Waals surface area (Å²) in [4.78, 5) is 11.3. The number of ether oxygens (including phenoxy) is 2. The van der Waals surface area contributed by atoms with E-state index in [1.807, 2.05) is 17.1 Å². The molecule has 0 amide bonds. The maximum atomic E-state index is 14.5. The molecule has 1 aromatic heterocycles. The molecule has 186 valence electrons. The highest BCUT2D eigenvalue weighted by molar-refractivity contribution is 5.81. The maximum absolute atomic E-state index is 14.5. The van der Waals surface area contributed by atoms with Crippen LogP contribution < -0.4 is 20.4 Å². The zero-order valence-electron chi connectivity index (χ0n) is 19.3. The zero-order valence-corrected chi connectivity index (χ0v) is 19.3. The quantitative estimate of drug-likeness (QED) is 0.641. The normalized spacial score (nSPS) is 30.0. The van der Waals surface area contributed by atoms with E-state index in [4.69, 9.17) is 14.5 Å². The standard InChI is InChI=1S/C24H27F3N6O2/c1-34-18-10-15(6-7-28-18)32-11-13-2-3-14(12-32)21(13)29-24-30-23-22(35-9-8-33(23)31-24)16-4-5-17(25)20(27)19(16)26/h4-7,10,13-14,21-23H,2-3,8-9,11-12H2,1H3,(H2,29,30,31)/t13-,14+,21?,22-,23?/m0/s1. The molecule has 4 heterocycles. The van der Waals surface area contributed by atoms with Gasteiger partial charge >= 0.3 is 0 Å². The number of fused-ring (bicyclic) bond motifs is 3. The third-order valence-electron chi connectivity index (χ3n) is 7.53. The number of hydrazine groups is 1. The Morgan fingerprint density at radius 3 is 2.69 bits per heavy atom. The molecule has 2 aromatic rings. The van der Waals surface area contributed by atoms with Gasteiger partial charge in [-0.25, -0.2) is 23.1 Å². The van der Waals surface area contributed by atoms with Crippen molar-refractivity contribution < 1.29 is 22.6 Å². The van der Waals surface area contributed by atoms with Crippen LogP contribution in [0.2, 0.25) is 0 Å². The number of aliphatic imine (C=N–C) groups is 1. The Kier molecular flexibility index (Phi) is 5.68. The number of aromatic nitrogens is 1. The number of halogens is 3. The third-order valence-corrected chi connectivity index (χ3v) is 7.53. The van der Waals surface area contributed by atoms with Crippen LogP contribution in [0.5, 0.6) is 5.88 Å². The van der Waals surface area contributed by atoms with Gasteiger partial charge in [0.2, 0.25) is 11.8 Å². The topological polar surface area (TPSA) is 74.2 Å². The van der Waals surface area contributed by atoms with Crippen LogP contribution >= 0.6 is 0 Å². The van der Waals surface area contributed by atoms with Gasteiger partial charge in [-0.1, -0.05) is 6.07 Å². The molecule has 8 nitrogen and oxygen atoms in total. The number of hydrogen-bond donors (Lipinski definition) is 2. The molecule has 5 atom stereocenters. The molecule has 2 N–H and O–H groups in total. The first-order valence-corrected chi connectivity index (χ1v) is 11.9. The van der Waals surface area contributed by atoms with Crippen LogP contribution in [0.15, 0.2) is 35.5 Å². The first kappa shape index (κ1) is 22.4. The first-order chi connectivity index (χ1) is 17.0. The summed E-state index contributed by atoms with van der Waals surface area (Å²) < 4.78 is 52.8. The van der Waals surface area contributed by atoms with E-state index in [0.717, 1.165) is 37.7 Å². The van der Waals surface area contributed by atoms with E-state index in [-0.39, 0.29) is 11.6 Å². The molecule has 1 aliphatic carbocycles. The molecule has 2 unspecified atom stereocenters. The van der Waals surface area contributed by atoms with Crippen molar-refractivity contribution in [1.29, 1.82) is 0 Å². The average Bonchev–Trinajstić information content (AvgIpc) is 3.38. The molecule has 4 aliphatic rings. The predicted octanol–water partition coefficient (Wildman–Crippen LogP) is 2.59. The molecule has 35 heavy (non-hydrogen) atoms. The second kappa shape index (κ2) is 8.87. The minimum Gasteiger partial charge on any atom is -0.481 e. The van der Waals surface area contributed by atoms with Gasteiger partial charge in [0.25, 0.3) is 0 Å². The highest BCUT2D eigenvalue weighted by Crippen LogP contribution is 2.39. The van der Waals surface area contributed by atoms with Crippen LogP contribution in [-0.4, -0.2) is 61.5 Å². The lowest BCUT2D eigenvalue weighted by Gasteiger charge is -2.40. The Labute approximate surface area is 201 Å². The average molecular weight is 489 g/mol. The Morgan fingerprint density at radius 2 is 1.91 bits per heavy atom. The number of guanidine groups is 1. The van der Waals surface area contributed by atoms with Crippen molar-refractivity contribution >= 4 is 11.6 Å². The number of benzene rings is 1. The van der Waals surface area contributed by atoms with Gasteiger partial charge in [0.15, 0.2) is 23.6 Å². The summed E-state index contributed by atoms with van der Waals surface area (Å²) in [6.07, 6.45) is 2.58. The number of hydrogen-bond acceptors (Lipinski definition) is 8. The number of anilines is 1. The van der Waals surface area contributed by atoms with Gasteiger partial charge in [0, 0.05) is 49.2 Å². The molecule has 1 aromatic carbocycles. The van der Waals surface area contributed by atoms with Gasteiger partial charge < -0.3 is 19.7 Å². The van der Waals surface area contributed by atoms with Crippen molar-refractivity contribution in [3.05, 3.63) is 53.5 Å². The van der Waals surface area contributed by atoms with Crippen LogP contribution in [-0.2, 0) is 4.74 Å². The molecule has 1 saturated carbocycles.